The molecule has 0 saturated carbocycles. The SMILES string of the molecule is CC12CC(NC(=S)N1c1ccc(Br)cc1)c1cc(Br)ccc1O2. The number of hydrogen-bond donors (Lipinski definition) is 1. The molecule has 118 valence electrons. The largest absolute Gasteiger partial charge is 0.467 e. The first kappa shape index (κ1) is 15.4. The minimum absolute atomic E-state index is 0.167. The van der Waals surface area contributed by atoms with Gasteiger partial charge in [-0.2, -0.15) is 0 Å². The van der Waals surface area contributed by atoms with Crippen molar-refractivity contribution in [2.24, 2.45) is 0 Å². The summed E-state index contributed by atoms with van der Waals surface area (Å²) in [5.41, 5.74) is 1.67. The molecule has 2 unspecified atom stereocenters. The van der Waals surface area contributed by atoms with E-state index < -0.39 is 5.72 Å². The van der Waals surface area contributed by atoms with Crippen molar-refractivity contribution in [3.63, 3.8) is 0 Å². The summed E-state index contributed by atoms with van der Waals surface area (Å²) in [5, 5.41) is 4.16. The van der Waals surface area contributed by atoms with Crippen LogP contribution in [0.5, 0.6) is 5.75 Å². The van der Waals surface area contributed by atoms with E-state index in [0.717, 1.165) is 32.4 Å². The summed E-state index contributed by atoms with van der Waals surface area (Å²) >= 11 is 12.7. The van der Waals surface area contributed by atoms with Gasteiger partial charge in [0.1, 0.15) is 5.75 Å². The van der Waals surface area contributed by atoms with Crippen molar-refractivity contribution in [3.05, 3.63) is 57.0 Å². The van der Waals surface area contributed by atoms with Crippen LogP contribution in [0.3, 0.4) is 0 Å². The van der Waals surface area contributed by atoms with Crippen LogP contribution in [0.25, 0.3) is 0 Å². The number of anilines is 1. The van der Waals surface area contributed by atoms with Gasteiger partial charge in [0.15, 0.2) is 10.8 Å². The predicted molar refractivity (Wildman–Crippen MR) is 103 cm³/mol. The predicted octanol–water partition coefficient (Wildman–Crippen LogP) is 5.15. The fraction of sp³-hybridized carbons (Fsp3) is 0.235. The molecule has 1 saturated heterocycles. The lowest BCUT2D eigenvalue weighted by Crippen LogP contribution is -2.65. The molecule has 2 bridgehead atoms. The van der Waals surface area contributed by atoms with Crippen LogP contribution >= 0.6 is 44.1 Å². The molecule has 6 heteroatoms. The van der Waals surface area contributed by atoms with Gasteiger partial charge in [-0.1, -0.05) is 31.9 Å². The molecule has 0 spiro atoms. The third-order valence-corrected chi connectivity index (χ3v) is 5.64. The summed E-state index contributed by atoms with van der Waals surface area (Å²) in [4.78, 5) is 2.07. The highest BCUT2D eigenvalue weighted by Crippen LogP contribution is 2.46. The first-order valence-corrected chi connectivity index (χ1v) is 9.30. The molecule has 2 aromatic carbocycles. The molecule has 0 radical (unpaired) electrons. The van der Waals surface area contributed by atoms with Gasteiger partial charge < -0.3 is 10.1 Å². The minimum Gasteiger partial charge on any atom is -0.467 e. The van der Waals surface area contributed by atoms with Gasteiger partial charge in [0.25, 0.3) is 0 Å². The number of thiocarbonyl (C=S) groups is 1. The van der Waals surface area contributed by atoms with Crippen LogP contribution in [0.2, 0.25) is 0 Å². The Bertz CT molecular complexity index is 796. The summed E-state index contributed by atoms with van der Waals surface area (Å²) in [6.07, 6.45) is 0.826. The second-order valence-corrected chi connectivity index (χ2v) is 8.20. The van der Waals surface area contributed by atoms with E-state index in [-0.39, 0.29) is 6.04 Å². The summed E-state index contributed by atoms with van der Waals surface area (Å²) in [6, 6.07) is 14.4. The average molecular weight is 454 g/mol. The quantitative estimate of drug-likeness (QED) is 0.603. The molecule has 4 rings (SSSR count). The Hall–Kier alpha value is -1.11. The van der Waals surface area contributed by atoms with E-state index in [1.54, 1.807) is 0 Å². The highest BCUT2D eigenvalue weighted by molar-refractivity contribution is 9.10. The summed E-state index contributed by atoms with van der Waals surface area (Å²) in [7, 11) is 0. The van der Waals surface area contributed by atoms with E-state index >= 15 is 0 Å². The molecule has 3 nitrogen and oxygen atoms in total. The van der Waals surface area contributed by atoms with Crippen LogP contribution in [0.1, 0.15) is 24.9 Å². The van der Waals surface area contributed by atoms with Gasteiger partial charge in [0, 0.05) is 26.6 Å². The fourth-order valence-electron chi connectivity index (χ4n) is 3.33. The van der Waals surface area contributed by atoms with Gasteiger partial charge in [0.05, 0.1) is 6.04 Å². The van der Waals surface area contributed by atoms with Crippen molar-refractivity contribution in [1.29, 1.82) is 0 Å². The van der Waals surface area contributed by atoms with Gasteiger partial charge in [-0.3, -0.25) is 4.90 Å². The second-order valence-electron chi connectivity index (χ2n) is 5.98. The molecule has 2 aromatic rings. The third-order valence-electron chi connectivity index (χ3n) is 4.32. The summed E-state index contributed by atoms with van der Waals surface area (Å²) in [5.74, 6) is 0.907. The number of nitrogens with zero attached hydrogens (tertiary/aromatic N) is 1. The lowest BCUT2D eigenvalue weighted by atomic mass is 9.90. The van der Waals surface area contributed by atoms with E-state index in [1.165, 1.54) is 0 Å². The smallest absolute Gasteiger partial charge is 0.188 e. The van der Waals surface area contributed by atoms with E-state index in [4.69, 9.17) is 17.0 Å². The standard InChI is InChI=1S/C17H14Br2N2OS/c1-17-9-14(13-8-11(19)4-7-15(13)22-17)20-16(23)21(17)12-5-2-10(18)3-6-12/h2-8,14H,9H2,1H3,(H,20,23). The zero-order valence-corrected chi connectivity index (χ0v) is 16.3. The molecular weight excluding hydrogens is 440 g/mol. The van der Waals surface area contributed by atoms with Gasteiger partial charge in [0.2, 0.25) is 0 Å². The first-order valence-electron chi connectivity index (χ1n) is 7.31. The van der Waals surface area contributed by atoms with E-state index in [2.05, 4.69) is 55.1 Å². The maximum atomic E-state index is 6.38. The number of hydrogen-bond acceptors (Lipinski definition) is 2. The third kappa shape index (κ3) is 2.57. The number of rotatable bonds is 1. The number of ether oxygens (including phenoxy) is 1. The topological polar surface area (TPSA) is 24.5 Å². The van der Waals surface area contributed by atoms with E-state index in [9.17, 15) is 0 Å². The number of benzene rings is 2. The summed E-state index contributed by atoms with van der Waals surface area (Å²) < 4.78 is 8.47. The van der Waals surface area contributed by atoms with Crippen molar-refractivity contribution < 1.29 is 4.74 Å². The molecule has 0 amide bonds. The fourth-order valence-corrected chi connectivity index (χ4v) is 4.41. The van der Waals surface area contributed by atoms with Gasteiger partial charge in [-0.15, -0.1) is 0 Å². The van der Waals surface area contributed by atoms with Crippen LogP contribution < -0.4 is 15.0 Å². The Morgan fingerprint density at radius 3 is 2.61 bits per heavy atom. The lowest BCUT2D eigenvalue weighted by Gasteiger charge is -2.52. The van der Waals surface area contributed by atoms with Crippen molar-refractivity contribution in [3.8, 4) is 5.75 Å². The van der Waals surface area contributed by atoms with Crippen LogP contribution in [0.15, 0.2) is 51.4 Å². The second kappa shape index (κ2) is 5.46. The number of fused-ring (bicyclic) bond motifs is 4. The van der Waals surface area contributed by atoms with Crippen molar-refractivity contribution in [2.75, 3.05) is 4.90 Å². The van der Waals surface area contributed by atoms with Gasteiger partial charge in [-0.05, 0) is 61.6 Å². The van der Waals surface area contributed by atoms with Gasteiger partial charge >= 0.3 is 0 Å². The Kier molecular flexibility index (Phi) is 3.66. The maximum absolute atomic E-state index is 6.38. The van der Waals surface area contributed by atoms with Crippen LogP contribution in [-0.4, -0.2) is 10.8 Å². The molecule has 0 aromatic heterocycles. The normalized spacial score (nSPS) is 25.4. The molecule has 2 aliphatic heterocycles. The van der Waals surface area contributed by atoms with E-state index in [1.807, 2.05) is 36.4 Å². The molecule has 1 N–H and O–H groups in total. The number of halogens is 2. The van der Waals surface area contributed by atoms with Crippen molar-refractivity contribution in [1.82, 2.24) is 5.32 Å². The van der Waals surface area contributed by atoms with Gasteiger partial charge in [-0.25, -0.2) is 0 Å². The maximum Gasteiger partial charge on any atom is 0.188 e. The molecule has 2 atom stereocenters. The highest BCUT2D eigenvalue weighted by atomic mass is 79.9. The van der Waals surface area contributed by atoms with Crippen molar-refractivity contribution in [2.45, 2.75) is 25.1 Å². The monoisotopic (exact) mass is 452 g/mol. The zero-order valence-electron chi connectivity index (χ0n) is 12.3. The Balaban J connectivity index is 1.79. The molecule has 0 aliphatic carbocycles. The van der Waals surface area contributed by atoms with E-state index in [0.29, 0.717) is 5.11 Å². The van der Waals surface area contributed by atoms with Crippen molar-refractivity contribution >= 4 is 54.9 Å². The Morgan fingerprint density at radius 1 is 1.17 bits per heavy atom. The molecule has 23 heavy (non-hydrogen) atoms. The lowest BCUT2D eigenvalue weighted by molar-refractivity contribution is 0.0497. The van der Waals surface area contributed by atoms with Crippen LogP contribution in [0.4, 0.5) is 5.69 Å². The first-order chi connectivity index (χ1) is 11.0. The highest BCUT2D eigenvalue weighted by Gasteiger charge is 2.48. The molecule has 2 heterocycles. The molecule has 1 fully saturated rings. The summed E-state index contributed by atoms with van der Waals surface area (Å²) in [6.45, 7) is 2.10. The molecular formula is C17H14Br2N2OS. The Labute approximate surface area is 157 Å². The Morgan fingerprint density at radius 2 is 1.87 bits per heavy atom. The minimum atomic E-state index is -0.498. The van der Waals surface area contributed by atoms with Crippen LogP contribution in [0, 0.1) is 0 Å². The van der Waals surface area contributed by atoms with Crippen LogP contribution in [-0.2, 0) is 0 Å². The number of nitrogens with one attached hydrogen (secondary N) is 1. The average Bonchev–Trinajstić information content (AvgIpc) is 2.49. The zero-order chi connectivity index (χ0) is 16.2. The molecule has 2 aliphatic rings.